The number of hydrogen-bond donors (Lipinski definition) is 0. The highest BCUT2D eigenvalue weighted by molar-refractivity contribution is 5.52. The fraction of sp³-hybridized carbons (Fsp3) is 0.263. The molecule has 0 bridgehead atoms. The summed E-state index contributed by atoms with van der Waals surface area (Å²) in [4.78, 5) is 18.9. The van der Waals surface area contributed by atoms with E-state index in [9.17, 15) is 10.1 Å². The van der Waals surface area contributed by atoms with Crippen molar-refractivity contribution < 1.29 is 4.92 Å². The van der Waals surface area contributed by atoms with Crippen molar-refractivity contribution in [2.45, 2.75) is 0 Å². The highest BCUT2D eigenvalue weighted by atomic mass is 16.6. The van der Waals surface area contributed by atoms with E-state index >= 15 is 0 Å². The van der Waals surface area contributed by atoms with Gasteiger partial charge in [-0.05, 0) is 11.6 Å². The Morgan fingerprint density at radius 3 is 2.54 bits per heavy atom. The molecule has 1 aromatic carbocycles. The fourth-order valence-electron chi connectivity index (χ4n) is 2.91. The summed E-state index contributed by atoms with van der Waals surface area (Å²) < 4.78 is 0. The van der Waals surface area contributed by atoms with Crippen molar-refractivity contribution in [3.63, 3.8) is 0 Å². The van der Waals surface area contributed by atoms with Crippen molar-refractivity contribution in [1.29, 1.82) is 5.26 Å². The van der Waals surface area contributed by atoms with Gasteiger partial charge in [0, 0.05) is 38.8 Å². The van der Waals surface area contributed by atoms with Gasteiger partial charge >= 0.3 is 5.69 Å². The normalized spacial score (nSPS) is 15.1. The molecule has 132 valence electrons. The maximum atomic E-state index is 10.9. The van der Waals surface area contributed by atoms with E-state index in [1.165, 1.54) is 11.6 Å². The number of rotatable bonds is 5. The summed E-state index contributed by atoms with van der Waals surface area (Å²) in [7, 11) is 0. The molecule has 1 aliphatic heterocycles. The molecule has 1 fully saturated rings. The highest BCUT2D eigenvalue weighted by Crippen LogP contribution is 2.21. The SMILES string of the molecule is N#Cc1nc(N2CCN(C/C=C/c3ccccc3)CC2)ccc1[N+](=O)[O-]. The van der Waals surface area contributed by atoms with E-state index < -0.39 is 4.92 Å². The van der Waals surface area contributed by atoms with Crippen molar-refractivity contribution in [1.82, 2.24) is 9.88 Å². The average molecular weight is 349 g/mol. The van der Waals surface area contributed by atoms with Gasteiger partial charge in [0.1, 0.15) is 11.9 Å². The molecule has 0 spiro atoms. The number of nitriles is 1. The topological polar surface area (TPSA) is 86.3 Å². The molecule has 7 nitrogen and oxygen atoms in total. The van der Waals surface area contributed by atoms with Crippen molar-refractivity contribution in [2.75, 3.05) is 37.6 Å². The van der Waals surface area contributed by atoms with E-state index in [0.717, 1.165) is 32.7 Å². The second-order valence-corrected chi connectivity index (χ2v) is 6.01. The average Bonchev–Trinajstić information content (AvgIpc) is 2.69. The van der Waals surface area contributed by atoms with E-state index in [2.05, 4.69) is 39.1 Å². The van der Waals surface area contributed by atoms with Crippen molar-refractivity contribution in [3.05, 3.63) is 69.9 Å². The molecule has 0 unspecified atom stereocenters. The molecule has 0 amide bonds. The Balaban J connectivity index is 1.56. The van der Waals surface area contributed by atoms with E-state index in [1.54, 1.807) is 6.07 Å². The number of aromatic nitrogens is 1. The standard InChI is InChI=1S/C19H19N5O2/c20-15-17-18(24(25)26)8-9-19(21-17)23-13-11-22(12-14-23)10-4-7-16-5-2-1-3-6-16/h1-9H,10-14H2/b7-4+. The zero-order valence-corrected chi connectivity index (χ0v) is 14.3. The lowest BCUT2D eigenvalue weighted by Crippen LogP contribution is -2.46. The molecule has 0 radical (unpaired) electrons. The van der Waals surface area contributed by atoms with Crippen LogP contribution in [0.5, 0.6) is 0 Å². The van der Waals surface area contributed by atoms with Crippen LogP contribution in [0, 0.1) is 21.4 Å². The van der Waals surface area contributed by atoms with Crippen molar-refractivity contribution in [2.24, 2.45) is 0 Å². The lowest BCUT2D eigenvalue weighted by atomic mass is 10.2. The number of pyridine rings is 1. The maximum absolute atomic E-state index is 10.9. The Bertz CT molecular complexity index is 837. The van der Waals surface area contributed by atoms with Gasteiger partial charge in [0.05, 0.1) is 4.92 Å². The van der Waals surface area contributed by atoms with Gasteiger partial charge in [0.25, 0.3) is 0 Å². The second kappa shape index (κ2) is 8.23. The molecule has 7 heteroatoms. The predicted octanol–water partition coefficient (Wildman–Crippen LogP) is 2.70. The van der Waals surface area contributed by atoms with Gasteiger partial charge in [0.2, 0.25) is 5.69 Å². The molecule has 1 aliphatic rings. The van der Waals surface area contributed by atoms with E-state index in [1.807, 2.05) is 24.3 Å². The monoisotopic (exact) mass is 349 g/mol. The largest absolute Gasteiger partial charge is 0.354 e. The smallest absolute Gasteiger partial charge is 0.305 e. The first-order valence-corrected chi connectivity index (χ1v) is 8.42. The Morgan fingerprint density at radius 1 is 1.15 bits per heavy atom. The maximum Gasteiger partial charge on any atom is 0.305 e. The third-order valence-corrected chi connectivity index (χ3v) is 4.33. The third kappa shape index (κ3) is 4.23. The van der Waals surface area contributed by atoms with Gasteiger partial charge < -0.3 is 4.90 Å². The quantitative estimate of drug-likeness (QED) is 0.609. The van der Waals surface area contributed by atoms with Crippen molar-refractivity contribution in [3.8, 4) is 6.07 Å². The molecular weight excluding hydrogens is 330 g/mol. The van der Waals surface area contributed by atoms with Gasteiger partial charge in [-0.25, -0.2) is 4.98 Å². The predicted molar refractivity (Wildman–Crippen MR) is 99.7 cm³/mol. The number of nitro groups is 1. The van der Waals surface area contributed by atoms with Crippen LogP contribution in [-0.4, -0.2) is 47.5 Å². The summed E-state index contributed by atoms with van der Waals surface area (Å²) in [6, 6.07) is 15.0. The van der Waals surface area contributed by atoms with Crippen LogP contribution in [0.1, 0.15) is 11.3 Å². The lowest BCUT2D eigenvalue weighted by molar-refractivity contribution is -0.385. The van der Waals surface area contributed by atoms with Crippen LogP contribution in [0.3, 0.4) is 0 Å². The van der Waals surface area contributed by atoms with Crippen LogP contribution in [0.4, 0.5) is 11.5 Å². The highest BCUT2D eigenvalue weighted by Gasteiger charge is 2.21. The first-order chi connectivity index (χ1) is 12.7. The van der Waals surface area contributed by atoms with Crippen LogP contribution < -0.4 is 4.90 Å². The minimum Gasteiger partial charge on any atom is -0.354 e. The zero-order valence-electron chi connectivity index (χ0n) is 14.3. The van der Waals surface area contributed by atoms with Gasteiger partial charge in [0.15, 0.2) is 0 Å². The number of piperazine rings is 1. The first-order valence-electron chi connectivity index (χ1n) is 8.42. The Labute approximate surface area is 151 Å². The third-order valence-electron chi connectivity index (χ3n) is 4.33. The Hall–Kier alpha value is -3.24. The summed E-state index contributed by atoms with van der Waals surface area (Å²) in [5, 5.41) is 20.0. The van der Waals surface area contributed by atoms with Gasteiger partial charge in [-0.2, -0.15) is 5.26 Å². The van der Waals surface area contributed by atoms with E-state index in [-0.39, 0.29) is 11.4 Å². The van der Waals surface area contributed by atoms with Crippen LogP contribution >= 0.6 is 0 Å². The van der Waals surface area contributed by atoms with Crippen LogP contribution in [0.2, 0.25) is 0 Å². The number of nitrogens with zero attached hydrogens (tertiary/aromatic N) is 5. The Morgan fingerprint density at radius 2 is 1.88 bits per heavy atom. The van der Waals surface area contributed by atoms with Gasteiger partial charge in [-0.3, -0.25) is 15.0 Å². The molecule has 2 heterocycles. The van der Waals surface area contributed by atoms with Crippen LogP contribution in [0.25, 0.3) is 6.08 Å². The molecule has 0 N–H and O–H groups in total. The summed E-state index contributed by atoms with van der Waals surface area (Å²) in [6.07, 6.45) is 4.27. The number of anilines is 1. The second-order valence-electron chi connectivity index (χ2n) is 6.01. The van der Waals surface area contributed by atoms with Crippen LogP contribution in [0.15, 0.2) is 48.5 Å². The summed E-state index contributed by atoms with van der Waals surface area (Å²) in [6.45, 7) is 4.17. The van der Waals surface area contributed by atoms with E-state index in [0.29, 0.717) is 5.82 Å². The molecule has 0 atom stereocenters. The molecule has 0 aliphatic carbocycles. The molecular formula is C19H19N5O2. The molecule has 3 rings (SSSR count). The summed E-state index contributed by atoms with van der Waals surface area (Å²) in [5.74, 6) is 0.617. The molecule has 26 heavy (non-hydrogen) atoms. The first kappa shape index (κ1) is 17.6. The Kier molecular flexibility index (Phi) is 5.56. The molecule has 2 aromatic rings. The number of benzene rings is 1. The fourth-order valence-corrected chi connectivity index (χ4v) is 2.91. The zero-order chi connectivity index (χ0) is 18.4. The number of hydrogen-bond acceptors (Lipinski definition) is 6. The van der Waals surface area contributed by atoms with E-state index in [4.69, 9.17) is 5.26 Å². The van der Waals surface area contributed by atoms with Gasteiger partial charge in [-0.15, -0.1) is 0 Å². The minimum atomic E-state index is -0.577. The summed E-state index contributed by atoms with van der Waals surface area (Å²) in [5.41, 5.74) is 0.798. The lowest BCUT2D eigenvalue weighted by Gasteiger charge is -2.34. The van der Waals surface area contributed by atoms with Gasteiger partial charge in [-0.1, -0.05) is 42.5 Å². The molecule has 1 saturated heterocycles. The molecule has 0 saturated carbocycles. The van der Waals surface area contributed by atoms with Crippen LogP contribution in [-0.2, 0) is 0 Å². The minimum absolute atomic E-state index is 0.138. The molecule has 1 aromatic heterocycles. The summed E-state index contributed by atoms with van der Waals surface area (Å²) >= 11 is 0. The van der Waals surface area contributed by atoms with Crippen molar-refractivity contribution >= 4 is 17.6 Å².